The minimum Gasteiger partial charge on any atom is -0.321 e. The molecule has 0 amide bonds. The first-order valence-electron chi connectivity index (χ1n) is 2.92. The minimum atomic E-state index is -4.30. The van der Waals surface area contributed by atoms with Crippen LogP contribution in [0.2, 0.25) is 10.0 Å². The molecule has 0 unspecified atom stereocenters. The van der Waals surface area contributed by atoms with Crippen LogP contribution < -0.4 is 5.30 Å². The Morgan fingerprint density at radius 2 is 1.83 bits per heavy atom. The van der Waals surface area contributed by atoms with Crippen LogP contribution in [0.5, 0.6) is 0 Å². The second kappa shape index (κ2) is 3.36. The molecule has 6 heteroatoms. The molecule has 0 heterocycles. The van der Waals surface area contributed by atoms with Crippen LogP contribution in [0.25, 0.3) is 0 Å². The summed E-state index contributed by atoms with van der Waals surface area (Å²) in [5, 5.41) is 0.0297. The molecule has 0 aliphatic heterocycles. The van der Waals surface area contributed by atoms with Gasteiger partial charge in [-0.25, -0.2) is 0 Å². The summed E-state index contributed by atoms with van der Waals surface area (Å²) in [6, 6.07) is 3.96. The van der Waals surface area contributed by atoms with Crippen LogP contribution in [0.3, 0.4) is 0 Å². The highest BCUT2D eigenvalue weighted by molar-refractivity contribution is 7.60. The van der Waals surface area contributed by atoms with Gasteiger partial charge < -0.3 is 9.79 Å². The Bertz CT molecular complexity index is 347. The van der Waals surface area contributed by atoms with Crippen molar-refractivity contribution in [3.63, 3.8) is 0 Å². The van der Waals surface area contributed by atoms with Crippen molar-refractivity contribution in [1.82, 2.24) is 0 Å². The van der Waals surface area contributed by atoms with Gasteiger partial charge in [0.2, 0.25) is 0 Å². The summed E-state index contributed by atoms with van der Waals surface area (Å²) in [7, 11) is -4.30. The second-order valence-electron chi connectivity index (χ2n) is 2.14. The molecule has 0 aliphatic carbocycles. The largest absolute Gasteiger partial charge is 0.357 e. The maximum absolute atomic E-state index is 10.8. The quantitative estimate of drug-likeness (QED) is 0.719. The van der Waals surface area contributed by atoms with Crippen LogP contribution in [0.1, 0.15) is 0 Å². The Kier molecular flexibility index (Phi) is 2.81. The van der Waals surface area contributed by atoms with E-state index in [1.54, 1.807) is 0 Å². The third-order valence-electron chi connectivity index (χ3n) is 1.22. The van der Waals surface area contributed by atoms with E-state index in [0.29, 0.717) is 0 Å². The number of benzene rings is 1. The molecular formula is C6H5Cl2O3P. The first-order chi connectivity index (χ1) is 5.41. The van der Waals surface area contributed by atoms with Crippen molar-refractivity contribution in [2.75, 3.05) is 0 Å². The van der Waals surface area contributed by atoms with Crippen molar-refractivity contribution in [2.24, 2.45) is 0 Å². The first kappa shape index (κ1) is 10.0. The molecule has 0 bridgehead atoms. The van der Waals surface area contributed by atoms with E-state index in [0.717, 1.165) is 6.07 Å². The zero-order valence-corrected chi connectivity index (χ0v) is 8.14. The fourth-order valence-electron chi connectivity index (χ4n) is 0.709. The van der Waals surface area contributed by atoms with Gasteiger partial charge in [-0.2, -0.15) is 0 Å². The summed E-state index contributed by atoms with van der Waals surface area (Å²) in [4.78, 5) is 17.5. The lowest BCUT2D eigenvalue weighted by Crippen LogP contribution is -2.04. The highest BCUT2D eigenvalue weighted by atomic mass is 35.5. The molecule has 1 rings (SSSR count). The van der Waals surface area contributed by atoms with E-state index in [1.807, 2.05) is 0 Å². The van der Waals surface area contributed by atoms with E-state index in [-0.39, 0.29) is 15.3 Å². The predicted molar refractivity (Wildman–Crippen MR) is 48.1 cm³/mol. The third-order valence-corrected chi connectivity index (χ3v) is 2.92. The van der Waals surface area contributed by atoms with Crippen LogP contribution in [0.15, 0.2) is 18.2 Å². The summed E-state index contributed by atoms with van der Waals surface area (Å²) in [6.07, 6.45) is 0. The summed E-state index contributed by atoms with van der Waals surface area (Å²) in [5.74, 6) is 0. The molecule has 3 nitrogen and oxygen atoms in total. The van der Waals surface area contributed by atoms with Gasteiger partial charge in [0.05, 0.1) is 10.3 Å². The first-order valence-corrected chi connectivity index (χ1v) is 5.29. The van der Waals surface area contributed by atoms with Gasteiger partial charge in [-0.3, -0.25) is 4.57 Å². The molecule has 0 atom stereocenters. The molecule has 2 N–H and O–H groups in total. The number of hydrogen-bond acceptors (Lipinski definition) is 1. The Balaban J connectivity index is 3.33. The van der Waals surface area contributed by atoms with Gasteiger partial charge in [0.15, 0.2) is 0 Å². The molecule has 0 spiro atoms. The number of hydrogen-bond donors (Lipinski definition) is 2. The molecule has 0 fully saturated rings. The summed E-state index contributed by atoms with van der Waals surface area (Å²) >= 11 is 11.1. The van der Waals surface area contributed by atoms with Crippen molar-refractivity contribution in [1.29, 1.82) is 0 Å². The molecule has 0 aliphatic rings. The molecule has 0 saturated heterocycles. The van der Waals surface area contributed by atoms with Gasteiger partial charge in [0, 0.05) is 5.02 Å². The highest BCUT2D eigenvalue weighted by Gasteiger charge is 2.20. The average molecular weight is 227 g/mol. The summed E-state index contributed by atoms with van der Waals surface area (Å²) in [6.45, 7) is 0. The fourth-order valence-corrected chi connectivity index (χ4v) is 2.07. The zero-order chi connectivity index (χ0) is 9.35. The Hall–Kier alpha value is -0.0500. The lowest BCUT2D eigenvalue weighted by Gasteiger charge is -2.05. The summed E-state index contributed by atoms with van der Waals surface area (Å²) < 4.78 is 10.8. The minimum absolute atomic E-state index is 0.0210. The van der Waals surface area contributed by atoms with Crippen LogP contribution in [0.4, 0.5) is 0 Å². The Morgan fingerprint density at radius 3 is 2.25 bits per heavy atom. The average Bonchev–Trinajstić information content (AvgIpc) is 1.92. The molecule has 0 radical (unpaired) electrons. The van der Waals surface area contributed by atoms with E-state index in [9.17, 15) is 4.57 Å². The Morgan fingerprint density at radius 1 is 1.25 bits per heavy atom. The number of rotatable bonds is 1. The van der Waals surface area contributed by atoms with Crippen molar-refractivity contribution >= 4 is 36.1 Å². The van der Waals surface area contributed by atoms with E-state index in [4.69, 9.17) is 33.0 Å². The van der Waals surface area contributed by atoms with E-state index < -0.39 is 7.60 Å². The van der Waals surface area contributed by atoms with Gasteiger partial charge in [-0.1, -0.05) is 23.2 Å². The standard InChI is InChI=1S/C6H5Cl2O3P/c7-4-1-2-5(8)6(3-4)12(9,10)11/h1-3H,(H2,9,10,11). The van der Waals surface area contributed by atoms with E-state index in [1.165, 1.54) is 12.1 Å². The van der Waals surface area contributed by atoms with Crippen LogP contribution >= 0.6 is 30.8 Å². The Labute approximate surface area is 79.1 Å². The third kappa shape index (κ3) is 2.22. The smallest absolute Gasteiger partial charge is 0.321 e. The van der Waals surface area contributed by atoms with Crippen molar-refractivity contribution in [2.45, 2.75) is 0 Å². The molecule has 12 heavy (non-hydrogen) atoms. The van der Waals surface area contributed by atoms with Crippen LogP contribution in [-0.4, -0.2) is 9.79 Å². The highest BCUT2D eigenvalue weighted by Crippen LogP contribution is 2.37. The fraction of sp³-hybridized carbons (Fsp3) is 0. The molecule has 66 valence electrons. The normalized spacial score (nSPS) is 11.7. The van der Waals surface area contributed by atoms with Crippen LogP contribution in [0, 0.1) is 0 Å². The lowest BCUT2D eigenvalue weighted by molar-refractivity contribution is 0.387. The zero-order valence-electron chi connectivity index (χ0n) is 5.74. The van der Waals surface area contributed by atoms with E-state index >= 15 is 0 Å². The monoisotopic (exact) mass is 226 g/mol. The molecular weight excluding hydrogens is 222 g/mol. The van der Waals surface area contributed by atoms with Gasteiger partial charge in [-0.05, 0) is 18.2 Å². The lowest BCUT2D eigenvalue weighted by atomic mass is 10.4. The van der Waals surface area contributed by atoms with Crippen molar-refractivity contribution < 1.29 is 14.4 Å². The molecule has 0 aromatic heterocycles. The summed E-state index contributed by atoms with van der Waals surface area (Å²) in [5.41, 5.74) is 0. The second-order valence-corrected chi connectivity index (χ2v) is 4.55. The number of halogens is 2. The maximum atomic E-state index is 10.8. The van der Waals surface area contributed by atoms with Gasteiger partial charge in [0.1, 0.15) is 0 Å². The SMILES string of the molecule is O=P(O)(O)c1cc(Cl)ccc1Cl. The van der Waals surface area contributed by atoms with Crippen molar-refractivity contribution in [3.05, 3.63) is 28.2 Å². The van der Waals surface area contributed by atoms with Gasteiger partial charge in [-0.15, -0.1) is 0 Å². The van der Waals surface area contributed by atoms with Crippen molar-refractivity contribution in [3.8, 4) is 0 Å². The molecule has 1 aromatic carbocycles. The van der Waals surface area contributed by atoms with E-state index in [2.05, 4.69) is 0 Å². The van der Waals surface area contributed by atoms with Gasteiger partial charge >= 0.3 is 7.60 Å². The van der Waals surface area contributed by atoms with Crippen LogP contribution in [-0.2, 0) is 4.57 Å². The van der Waals surface area contributed by atoms with Gasteiger partial charge in [0.25, 0.3) is 0 Å². The topological polar surface area (TPSA) is 57.5 Å². The maximum Gasteiger partial charge on any atom is 0.357 e. The predicted octanol–water partition coefficient (Wildman–Crippen LogP) is 1.80. The molecule has 1 aromatic rings. The molecule has 0 saturated carbocycles.